The number of benzene rings is 3. The summed E-state index contributed by atoms with van der Waals surface area (Å²) in [4.78, 5) is 0. The van der Waals surface area contributed by atoms with Crippen LogP contribution in [0.25, 0.3) is 5.57 Å². The van der Waals surface area contributed by atoms with Crippen LogP contribution in [0, 0.1) is 6.92 Å². The molecule has 0 heterocycles. The summed E-state index contributed by atoms with van der Waals surface area (Å²) in [6.07, 6.45) is 2.27. The Bertz CT molecular complexity index is 891. The molecule has 0 radical (unpaired) electrons. The highest BCUT2D eigenvalue weighted by atomic mass is 16.3. The maximum atomic E-state index is 10.3. The van der Waals surface area contributed by atoms with Crippen LogP contribution in [0.5, 0.6) is 5.75 Å². The fraction of sp³-hybridized carbons (Fsp3) is 0.0909. The van der Waals surface area contributed by atoms with Crippen molar-refractivity contribution < 1.29 is 5.11 Å². The first-order valence-electron chi connectivity index (χ1n) is 7.90. The van der Waals surface area contributed by atoms with E-state index in [0.717, 1.165) is 5.56 Å². The molecular weight excluding hydrogens is 280 g/mol. The van der Waals surface area contributed by atoms with Crippen molar-refractivity contribution in [1.82, 2.24) is 0 Å². The molecule has 1 N–H and O–H groups in total. The number of rotatable bonds is 2. The summed E-state index contributed by atoms with van der Waals surface area (Å²) in [6, 6.07) is 24.7. The van der Waals surface area contributed by atoms with E-state index in [2.05, 4.69) is 55.5 Å². The van der Waals surface area contributed by atoms with E-state index in [4.69, 9.17) is 0 Å². The van der Waals surface area contributed by atoms with Crippen molar-refractivity contribution in [2.24, 2.45) is 0 Å². The number of hydrogen-bond acceptors (Lipinski definition) is 1. The Kier molecular flexibility index (Phi) is 3.27. The van der Waals surface area contributed by atoms with Crippen LogP contribution < -0.4 is 0 Å². The second-order valence-electron chi connectivity index (χ2n) is 6.07. The lowest BCUT2D eigenvalue weighted by Gasteiger charge is -2.13. The smallest absolute Gasteiger partial charge is 0.119 e. The molecule has 3 aromatic carbocycles. The first-order valence-corrected chi connectivity index (χ1v) is 7.90. The summed E-state index contributed by atoms with van der Waals surface area (Å²) in [5.74, 6) is 0.455. The maximum absolute atomic E-state index is 10.3. The predicted octanol–water partition coefficient (Wildman–Crippen LogP) is 5.28. The minimum Gasteiger partial charge on any atom is -0.508 e. The highest BCUT2D eigenvalue weighted by Crippen LogP contribution is 2.45. The Labute approximate surface area is 136 Å². The maximum Gasteiger partial charge on any atom is 0.119 e. The number of allylic oxidation sites excluding steroid dienone is 1. The van der Waals surface area contributed by atoms with Crippen LogP contribution in [0.4, 0.5) is 0 Å². The van der Waals surface area contributed by atoms with Gasteiger partial charge in [-0.25, -0.2) is 0 Å². The first-order chi connectivity index (χ1) is 11.2. The largest absolute Gasteiger partial charge is 0.508 e. The van der Waals surface area contributed by atoms with Crippen molar-refractivity contribution in [3.05, 3.63) is 107 Å². The molecule has 1 atom stereocenters. The zero-order valence-electron chi connectivity index (χ0n) is 13.0. The van der Waals surface area contributed by atoms with Crippen LogP contribution in [-0.4, -0.2) is 5.11 Å². The van der Waals surface area contributed by atoms with Crippen molar-refractivity contribution >= 4 is 5.57 Å². The van der Waals surface area contributed by atoms with Gasteiger partial charge in [-0.05, 0) is 35.3 Å². The molecule has 0 bridgehead atoms. The molecule has 0 spiro atoms. The molecule has 1 nitrogen and oxygen atoms in total. The normalized spacial score (nSPS) is 16.0. The Morgan fingerprint density at radius 1 is 0.783 bits per heavy atom. The molecule has 1 aliphatic rings. The summed E-state index contributed by atoms with van der Waals surface area (Å²) >= 11 is 0. The van der Waals surface area contributed by atoms with Gasteiger partial charge in [-0.15, -0.1) is 0 Å². The molecule has 0 aliphatic heterocycles. The van der Waals surface area contributed by atoms with Gasteiger partial charge in [-0.1, -0.05) is 78.4 Å². The van der Waals surface area contributed by atoms with Gasteiger partial charge >= 0.3 is 0 Å². The van der Waals surface area contributed by atoms with Crippen LogP contribution in [0.1, 0.15) is 33.7 Å². The number of fused-ring (bicyclic) bond motifs is 1. The molecule has 0 amide bonds. The van der Waals surface area contributed by atoms with E-state index >= 15 is 0 Å². The minimum atomic E-state index is 0.0991. The second kappa shape index (κ2) is 5.44. The predicted molar refractivity (Wildman–Crippen MR) is 94.6 cm³/mol. The van der Waals surface area contributed by atoms with Crippen molar-refractivity contribution in [3.63, 3.8) is 0 Å². The molecule has 0 unspecified atom stereocenters. The average Bonchev–Trinajstić information content (AvgIpc) is 2.94. The summed E-state index contributed by atoms with van der Waals surface area (Å²) in [6.45, 7) is 2.12. The van der Waals surface area contributed by atoms with Crippen LogP contribution in [0.15, 0.2) is 78.9 Å². The number of phenols is 1. The second-order valence-corrected chi connectivity index (χ2v) is 6.07. The van der Waals surface area contributed by atoms with E-state index in [1.165, 1.54) is 27.8 Å². The Morgan fingerprint density at radius 2 is 1.52 bits per heavy atom. The van der Waals surface area contributed by atoms with Gasteiger partial charge in [-0.3, -0.25) is 0 Å². The molecule has 0 aromatic heterocycles. The molecule has 4 rings (SSSR count). The molecule has 112 valence electrons. The van der Waals surface area contributed by atoms with Gasteiger partial charge in [0.05, 0.1) is 0 Å². The zero-order valence-corrected chi connectivity index (χ0v) is 13.0. The number of hydrogen-bond donors (Lipinski definition) is 1. The molecule has 0 fully saturated rings. The molecule has 3 aromatic rings. The highest BCUT2D eigenvalue weighted by molar-refractivity contribution is 5.87. The van der Waals surface area contributed by atoms with Gasteiger partial charge < -0.3 is 5.11 Å². The fourth-order valence-corrected chi connectivity index (χ4v) is 3.40. The molecule has 0 saturated heterocycles. The van der Waals surface area contributed by atoms with E-state index < -0.39 is 0 Å². The van der Waals surface area contributed by atoms with Gasteiger partial charge in [0.15, 0.2) is 0 Å². The van der Waals surface area contributed by atoms with Gasteiger partial charge in [0.1, 0.15) is 5.75 Å². The standard InChI is InChI=1S/C22H18O/c1-15-11-12-17-20(13-15)19(16-7-3-2-4-8-16)14-21(17)18-9-5-6-10-22(18)23/h2-14,21,23H,1H3/t21-/m0/s1. The van der Waals surface area contributed by atoms with Crippen LogP contribution in [0.2, 0.25) is 0 Å². The van der Waals surface area contributed by atoms with Crippen molar-refractivity contribution in [1.29, 1.82) is 0 Å². The topological polar surface area (TPSA) is 20.2 Å². The summed E-state index contributed by atoms with van der Waals surface area (Å²) in [5, 5.41) is 10.3. The van der Waals surface area contributed by atoms with E-state index in [1.54, 1.807) is 6.07 Å². The van der Waals surface area contributed by atoms with Crippen LogP contribution in [-0.2, 0) is 0 Å². The highest BCUT2D eigenvalue weighted by Gasteiger charge is 2.26. The number of aryl methyl sites for hydroxylation is 1. The third-order valence-corrected chi connectivity index (χ3v) is 4.52. The Hall–Kier alpha value is -2.80. The van der Waals surface area contributed by atoms with E-state index in [0.29, 0.717) is 5.75 Å². The van der Waals surface area contributed by atoms with Crippen molar-refractivity contribution in [2.45, 2.75) is 12.8 Å². The molecule has 0 saturated carbocycles. The van der Waals surface area contributed by atoms with E-state index in [9.17, 15) is 5.11 Å². The van der Waals surface area contributed by atoms with Gasteiger partial charge in [0.2, 0.25) is 0 Å². The Balaban J connectivity index is 1.93. The zero-order chi connectivity index (χ0) is 15.8. The quantitative estimate of drug-likeness (QED) is 0.682. The number of aromatic hydroxyl groups is 1. The summed E-state index contributed by atoms with van der Waals surface area (Å²) < 4.78 is 0. The molecule has 1 heteroatoms. The van der Waals surface area contributed by atoms with Gasteiger partial charge in [0, 0.05) is 11.5 Å². The lowest BCUT2D eigenvalue weighted by atomic mass is 9.91. The van der Waals surface area contributed by atoms with Crippen LogP contribution in [0.3, 0.4) is 0 Å². The molecule has 1 aliphatic carbocycles. The number of para-hydroxylation sites is 1. The van der Waals surface area contributed by atoms with Crippen LogP contribution >= 0.6 is 0 Å². The van der Waals surface area contributed by atoms with E-state index in [1.807, 2.05) is 24.3 Å². The van der Waals surface area contributed by atoms with E-state index in [-0.39, 0.29) is 5.92 Å². The molecule has 23 heavy (non-hydrogen) atoms. The lowest BCUT2D eigenvalue weighted by Crippen LogP contribution is -1.96. The lowest BCUT2D eigenvalue weighted by molar-refractivity contribution is 0.468. The minimum absolute atomic E-state index is 0.0991. The number of phenolic OH excluding ortho intramolecular Hbond substituents is 1. The third kappa shape index (κ3) is 2.35. The fourth-order valence-electron chi connectivity index (χ4n) is 3.40. The molecular formula is C22H18O. The average molecular weight is 298 g/mol. The summed E-state index contributed by atoms with van der Waals surface area (Å²) in [5.41, 5.74) is 7.21. The third-order valence-electron chi connectivity index (χ3n) is 4.52. The Morgan fingerprint density at radius 3 is 2.30 bits per heavy atom. The SMILES string of the molecule is Cc1ccc2c(c1)C(c1ccccc1)=C[C@@H]2c1ccccc1O. The monoisotopic (exact) mass is 298 g/mol. The van der Waals surface area contributed by atoms with Crippen molar-refractivity contribution in [3.8, 4) is 5.75 Å². The summed E-state index contributed by atoms with van der Waals surface area (Å²) in [7, 11) is 0. The van der Waals surface area contributed by atoms with Gasteiger partial charge in [-0.2, -0.15) is 0 Å². The first kappa shape index (κ1) is 13.8. The van der Waals surface area contributed by atoms with Gasteiger partial charge in [0.25, 0.3) is 0 Å². The van der Waals surface area contributed by atoms with Crippen molar-refractivity contribution in [2.75, 3.05) is 0 Å².